The van der Waals surface area contributed by atoms with E-state index in [0.717, 1.165) is 36.0 Å². The lowest BCUT2D eigenvalue weighted by Crippen LogP contribution is -2.25. The van der Waals surface area contributed by atoms with Crippen LogP contribution in [0.1, 0.15) is 88.7 Å². The van der Waals surface area contributed by atoms with Gasteiger partial charge in [0.1, 0.15) is 5.82 Å². The van der Waals surface area contributed by atoms with Crippen molar-refractivity contribution < 1.29 is 4.39 Å². The molecule has 0 radical (unpaired) electrons. The van der Waals surface area contributed by atoms with E-state index in [1.54, 1.807) is 12.1 Å². The van der Waals surface area contributed by atoms with Crippen LogP contribution in [0.4, 0.5) is 4.39 Å². The molecule has 4 rings (SSSR count). The molecule has 2 saturated carbocycles. The van der Waals surface area contributed by atoms with E-state index in [4.69, 9.17) is 0 Å². The molecule has 1 heteroatoms. The van der Waals surface area contributed by atoms with Gasteiger partial charge in [-0.05, 0) is 104 Å². The van der Waals surface area contributed by atoms with Gasteiger partial charge in [0.2, 0.25) is 0 Å². The van der Waals surface area contributed by atoms with E-state index >= 15 is 0 Å². The summed E-state index contributed by atoms with van der Waals surface area (Å²) in [5, 5.41) is 0. The zero-order chi connectivity index (χ0) is 17.9. The van der Waals surface area contributed by atoms with Gasteiger partial charge in [0.15, 0.2) is 0 Å². The van der Waals surface area contributed by atoms with Crippen LogP contribution in [0, 0.1) is 35.4 Å². The lowest BCUT2D eigenvalue weighted by Gasteiger charge is -2.37. The molecule has 1 atom stereocenters. The summed E-state index contributed by atoms with van der Waals surface area (Å²) >= 11 is 0. The molecule has 1 aromatic carbocycles. The molecule has 3 aliphatic carbocycles. The lowest BCUT2D eigenvalue weighted by atomic mass is 9.68. The smallest absolute Gasteiger partial charge is 0.123 e. The predicted octanol–water partition coefficient (Wildman–Crippen LogP) is 7.34. The molecule has 0 nitrogen and oxygen atoms in total. The molecule has 0 saturated heterocycles. The average Bonchev–Trinajstić information content (AvgIpc) is 2.67. The van der Waals surface area contributed by atoms with Crippen LogP contribution in [-0.2, 0) is 12.8 Å². The normalized spacial score (nSPS) is 35.1. The first-order valence-corrected chi connectivity index (χ1v) is 11.4. The summed E-state index contributed by atoms with van der Waals surface area (Å²) in [6.07, 6.45) is 18.4. The standard InChI is InChI=1S/C25H37F/c1-18-2-9-21(10-3-18)22-11-6-19(7-12-22)4-5-20-8-13-24-17-25(26)15-14-23(24)16-20/h14-15,17-22H,2-13,16H2,1H3. The summed E-state index contributed by atoms with van der Waals surface area (Å²) in [5.74, 6) is 4.86. The van der Waals surface area contributed by atoms with Gasteiger partial charge >= 0.3 is 0 Å². The molecule has 3 aliphatic rings. The maximum absolute atomic E-state index is 13.4. The van der Waals surface area contributed by atoms with E-state index in [9.17, 15) is 4.39 Å². The van der Waals surface area contributed by atoms with Crippen LogP contribution in [0.3, 0.4) is 0 Å². The quantitative estimate of drug-likeness (QED) is 0.529. The summed E-state index contributed by atoms with van der Waals surface area (Å²) < 4.78 is 13.4. The van der Waals surface area contributed by atoms with Gasteiger partial charge in [-0.15, -0.1) is 0 Å². The largest absolute Gasteiger partial charge is 0.207 e. The molecule has 0 N–H and O–H groups in total. The molecule has 26 heavy (non-hydrogen) atoms. The van der Waals surface area contributed by atoms with Gasteiger partial charge in [0.25, 0.3) is 0 Å². The number of fused-ring (bicyclic) bond motifs is 1. The van der Waals surface area contributed by atoms with Crippen LogP contribution in [0.25, 0.3) is 0 Å². The van der Waals surface area contributed by atoms with Gasteiger partial charge in [-0.3, -0.25) is 0 Å². The first-order valence-electron chi connectivity index (χ1n) is 11.4. The van der Waals surface area contributed by atoms with Crippen molar-refractivity contribution in [2.24, 2.45) is 29.6 Å². The fourth-order valence-electron chi connectivity index (χ4n) is 6.22. The van der Waals surface area contributed by atoms with E-state index in [-0.39, 0.29) is 5.82 Å². The van der Waals surface area contributed by atoms with E-state index in [2.05, 4.69) is 6.92 Å². The summed E-state index contributed by atoms with van der Waals surface area (Å²) in [6, 6.07) is 5.44. The van der Waals surface area contributed by atoms with Gasteiger partial charge in [-0.2, -0.15) is 0 Å². The molecule has 0 bridgehead atoms. The first kappa shape index (κ1) is 18.5. The molecule has 1 unspecified atom stereocenters. The molecular formula is C25H37F. The summed E-state index contributed by atoms with van der Waals surface area (Å²) in [6.45, 7) is 2.44. The molecular weight excluding hydrogens is 319 g/mol. The Morgan fingerprint density at radius 1 is 0.769 bits per heavy atom. The van der Waals surface area contributed by atoms with Crippen molar-refractivity contribution in [1.29, 1.82) is 0 Å². The van der Waals surface area contributed by atoms with Gasteiger partial charge in [0.05, 0.1) is 0 Å². The molecule has 1 aromatic rings. The third-order valence-corrected chi connectivity index (χ3v) is 8.10. The summed E-state index contributed by atoms with van der Waals surface area (Å²) in [5.41, 5.74) is 2.68. The third kappa shape index (κ3) is 4.52. The second kappa shape index (κ2) is 8.44. The van der Waals surface area contributed by atoms with E-state index in [1.165, 1.54) is 88.2 Å². The third-order valence-electron chi connectivity index (χ3n) is 8.10. The predicted molar refractivity (Wildman–Crippen MR) is 108 cm³/mol. The highest BCUT2D eigenvalue weighted by atomic mass is 19.1. The minimum Gasteiger partial charge on any atom is -0.207 e. The Hall–Kier alpha value is -0.850. The second-order valence-corrected chi connectivity index (χ2v) is 9.90. The molecule has 0 heterocycles. The van der Waals surface area contributed by atoms with E-state index in [1.807, 2.05) is 6.07 Å². The van der Waals surface area contributed by atoms with Crippen molar-refractivity contribution in [3.05, 3.63) is 35.1 Å². The van der Waals surface area contributed by atoms with Gasteiger partial charge in [-0.25, -0.2) is 4.39 Å². The van der Waals surface area contributed by atoms with Crippen LogP contribution < -0.4 is 0 Å². The molecule has 0 aliphatic heterocycles. The van der Waals surface area contributed by atoms with Crippen molar-refractivity contribution in [1.82, 2.24) is 0 Å². The van der Waals surface area contributed by atoms with Crippen LogP contribution in [0.2, 0.25) is 0 Å². The number of benzene rings is 1. The zero-order valence-corrected chi connectivity index (χ0v) is 16.7. The highest BCUT2D eigenvalue weighted by molar-refractivity contribution is 5.30. The second-order valence-electron chi connectivity index (χ2n) is 9.90. The maximum Gasteiger partial charge on any atom is 0.123 e. The van der Waals surface area contributed by atoms with E-state index < -0.39 is 0 Å². The van der Waals surface area contributed by atoms with Crippen molar-refractivity contribution in [2.75, 3.05) is 0 Å². The Kier molecular flexibility index (Phi) is 6.01. The highest BCUT2D eigenvalue weighted by Crippen LogP contribution is 2.42. The van der Waals surface area contributed by atoms with Crippen molar-refractivity contribution in [3.8, 4) is 0 Å². The SMILES string of the molecule is CC1CCC(C2CCC(CCC3CCc4cc(F)ccc4C3)CC2)CC1. The molecule has 144 valence electrons. The van der Waals surface area contributed by atoms with Crippen LogP contribution in [0.15, 0.2) is 18.2 Å². The highest BCUT2D eigenvalue weighted by Gasteiger charge is 2.30. The number of halogens is 1. The van der Waals surface area contributed by atoms with E-state index in [0.29, 0.717) is 0 Å². The first-order chi connectivity index (χ1) is 12.7. The fraction of sp³-hybridized carbons (Fsp3) is 0.760. The number of hydrogen-bond donors (Lipinski definition) is 0. The Morgan fingerprint density at radius 3 is 2.15 bits per heavy atom. The van der Waals surface area contributed by atoms with Crippen molar-refractivity contribution >= 4 is 0 Å². The Labute approximate surface area is 160 Å². The molecule has 2 fully saturated rings. The van der Waals surface area contributed by atoms with Crippen LogP contribution in [-0.4, -0.2) is 0 Å². The topological polar surface area (TPSA) is 0 Å². The zero-order valence-electron chi connectivity index (χ0n) is 16.7. The maximum atomic E-state index is 13.4. The molecule has 0 aromatic heterocycles. The fourth-order valence-corrected chi connectivity index (χ4v) is 6.22. The summed E-state index contributed by atoms with van der Waals surface area (Å²) in [7, 11) is 0. The minimum absolute atomic E-state index is 0.0635. The number of hydrogen-bond acceptors (Lipinski definition) is 0. The minimum atomic E-state index is -0.0635. The lowest BCUT2D eigenvalue weighted by molar-refractivity contribution is 0.144. The Balaban J connectivity index is 1.19. The van der Waals surface area contributed by atoms with Crippen molar-refractivity contribution in [2.45, 2.75) is 90.4 Å². The summed E-state index contributed by atoms with van der Waals surface area (Å²) in [4.78, 5) is 0. The van der Waals surface area contributed by atoms with Gasteiger partial charge < -0.3 is 0 Å². The molecule has 0 spiro atoms. The van der Waals surface area contributed by atoms with Crippen LogP contribution >= 0.6 is 0 Å². The number of aryl methyl sites for hydroxylation is 1. The Bertz CT molecular complexity index is 576. The van der Waals surface area contributed by atoms with Crippen LogP contribution in [0.5, 0.6) is 0 Å². The average molecular weight is 357 g/mol. The monoisotopic (exact) mass is 356 g/mol. The number of rotatable bonds is 4. The molecule has 0 amide bonds. The van der Waals surface area contributed by atoms with Gasteiger partial charge in [0, 0.05) is 0 Å². The van der Waals surface area contributed by atoms with Crippen molar-refractivity contribution in [3.63, 3.8) is 0 Å². The van der Waals surface area contributed by atoms with Gasteiger partial charge in [-0.1, -0.05) is 45.1 Å². The Morgan fingerprint density at radius 2 is 1.42 bits per heavy atom.